The molecule has 1 atom stereocenters. The molecule has 1 N–H and O–H groups in total. The van der Waals surface area contributed by atoms with Crippen LogP contribution in [0.4, 0.5) is 0 Å². The third kappa shape index (κ3) is 3.95. The van der Waals surface area contributed by atoms with E-state index in [2.05, 4.69) is 22.5 Å². The van der Waals surface area contributed by atoms with Gasteiger partial charge in [0.15, 0.2) is 0 Å². The number of aryl methyl sites for hydroxylation is 1. The number of amides is 1. The first-order valence-electron chi connectivity index (χ1n) is 7.53. The van der Waals surface area contributed by atoms with Gasteiger partial charge in [-0.2, -0.15) is 5.10 Å². The van der Waals surface area contributed by atoms with Gasteiger partial charge in [-0.3, -0.25) is 14.4 Å². The van der Waals surface area contributed by atoms with Crippen molar-refractivity contribution in [1.29, 1.82) is 0 Å². The fraction of sp³-hybridized carbons (Fsp3) is 0.412. The van der Waals surface area contributed by atoms with Gasteiger partial charge in [0, 0.05) is 25.4 Å². The summed E-state index contributed by atoms with van der Waals surface area (Å²) in [5.74, 6) is 0.0688. The number of benzene rings is 1. The zero-order chi connectivity index (χ0) is 16.1. The number of aromatic nitrogens is 2. The maximum Gasteiger partial charge on any atom is 0.237 e. The summed E-state index contributed by atoms with van der Waals surface area (Å²) in [6.45, 7) is 2.56. The summed E-state index contributed by atoms with van der Waals surface area (Å²) in [6, 6.07) is 8.09. The SMILES string of the molecule is CC[C@H](C(=O)NCc1cccc(-c2cnn(C)c2)c1)N(C)C. The molecule has 0 saturated carbocycles. The number of nitrogens with zero attached hydrogens (tertiary/aromatic N) is 3. The molecule has 0 unspecified atom stereocenters. The van der Waals surface area contributed by atoms with Crippen LogP contribution in [0.15, 0.2) is 36.7 Å². The fourth-order valence-corrected chi connectivity index (χ4v) is 2.52. The largest absolute Gasteiger partial charge is 0.351 e. The van der Waals surface area contributed by atoms with Gasteiger partial charge in [0.25, 0.3) is 0 Å². The maximum absolute atomic E-state index is 12.2. The number of hydrogen-bond donors (Lipinski definition) is 1. The van der Waals surface area contributed by atoms with Crippen LogP contribution in [0.1, 0.15) is 18.9 Å². The van der Waals surface area contributed by atoms with E-state index >= 15 is 0 Å². The van der Waals surface area contributed by atoms with Crippen molar-refractivity contribution < 1.29 is 4.79 Å². The monoisotopic (exact) mass is 300 g/mol. The molecule has 0 spiro atoms. The highest BCUT2D eigenvalue weighted by Crippen LogP contribution is 2.19. The molecule has 2 rings (SSSR count). The van der Waals surface area contributed by atoms with Gasteiger partial charge in [0.1, 0.15) is 0 Å². The molecule has 22 heavy (non-hydrogen) atoms. The average molecular weight is 300 g/mol. The zero-order valence-corrected chi connectivity index (χ0v) is 13.7. The van der Waals surface area contributed by atoms with E-state index in [4.69, 9.17) is 0 Å². The molecule has 0 bridgehead atoms. The normalized spacial score (nSPS) is 12.4. The van der Waals surface area contributed by atoms with Crippen LogP contribution in [0, 0.1) is 0 Å². The van der Waals surface area contributed by atoms with Crippen molar-refractivity contribution in [3.05, 3.63) is 42.2 Å². The summed E-state index contributed by atoms with van der Waals surface area (Å²) >= 11 is 0. The Balaban J connectivity index is 2.03. The molecule has 0 fully saturated rings. The zero-order valence-electron chi connectivity index (χ0n) is 13.7. The van der Waals surface area contributed by atoms with Crippen molar-refractivity contribution in [2.24, 2.45) is 7.05 Å². The summed E-state index contributed by atoms with van der Waals surface area (Å²) in [4.78, 5) is 14.1. The molecule has 1 amide bonds. The van der Waals surface area contributed by atoms with Crippen molar-refractivity contribution in [1.82, 2.24) is 20.0 Å². The summed E-state index contributed by atoms with van der Waals surface area (Å²) in [7, 11) is 5.76. The van der Waals surface area contributed by atoms with Gasteiger partial charge in [-0.15, -0.1) is 0 Å². The van der Waals surface area contributed by atoms with E-state index in [1.54, 1.807) is 4.68 Å². The summed E-state index contributed by atoms with van der Waals surface area (Å²) < 4.78 is 1.78. The standard InChI is InChI=1S/C17H24N4O/c1-5-16(20(2)3)17(22)18-10-13-7-6-8-14(9-13)15-11-19-21(4)12-15/h6-9,11-12,16H,5,10H2,1-4H3,(H,18,22)/t16-/m1/s1. The minimum absolute atomic E-state index is 0.0688. The first-order valence-corrected chi connectivity index (χ1v) is 7.53. The van der Waals surface area contributed by atoms with Crippen molar-refractivity contribution in [2.45, 2.75) is 25.9 Å². The van der Waals surface area contributed by atoms with Crippen LogP contribution in [0.3, 0.4) is 0 Å². The van der Waals surface area contributed by atoms with Crippen LogP contribution in [-0.4, -0.2) is 40.7 Å². The molecule has 5 nitrogen and oxygen atoms in total. The van der Waals surface area contributed by atoms with Gasteiger partial charge in [-0.25, -0.2) is 0 Å². The average Bonchev–Trinajstić information content (AvgIpc) is 2.92. The predicted octanol–water partition coefficient (Wildman–Crippen LogP) is 2.04. The van der Waals surface area contributed by atoms with Crippen LogP contribution < -0.4 is 5.32 Å². The lowest BCUT2D eigenvalue weighted by atomic mass is 10.1. The van der Waals surface area contributed by atoms with Crippen LogP contribution >= 0.6 is 0 Å². The van der Waals surface area contributed by atoms with E-state index < -0.39 is 0 Å². The van der Waals surface area contributed by atoms with Crippen molar-refractivity contribution in [3.8, 4) is 11.1 Å². The Hall–Kier alpha value is -2.14. The Labute approximate surface area is 131 Å². The molecule has 0 aliphatic rings. The van der Waals surface area contributed by atoms with Crippen LogP contribution in [0.5, 0.6) is 0 Å². The van der Waals surface area contributed by atoms with Gasteiger partial charge < -0.3 is 5.32 Å². The highest BCUT2D eigenvalue weighted by atomic mass is 16.2. The molecule has 1 aromatic heterocycles. The molecule has 1 heterocycles. The number of rotatable bonds is 6. The number of carbonyl (C=O) groups excluding carboxylic acids is 1. The molecule has 0 saturated heterocycles. The summed E-state index contributed by atoms with van der Waals surface area (Å²) in [5.41, 5.74) is 3.28. The second kappa shape index (κ2) is 7.22. The van der Waals surface area contributed by atoms with E-state index in [9.17, 15) is 4.79 Å². The Morgan fingerprint density at radius 1 is 1.36 bits per heavy atom. The quantitative estimate of drug-likeness (QED) is 0.888. The lowest BCUT2D eigenvalue weighted by Crippen LogP contribution is -2.42. The van der Waals surface area contributed by atoms with Gasteiger partial charge in [-0.05, 0) is 37.7 Å². The van der Waals surface area contributed by atoms with Crippen LogP contribution in [0.2, 0.25) is 0 Å². The molecule has 1 aromatic carbocycles. The van der Waals surface area contributed by atoms with E-state index in [1.807, 2.05) is 57.5 Å². The molecule has 0 aliphatic carbocycles. The smallest absolute Gasteiger partial charge is 0.237 e. The van der Waals surface area contributed by atoms with E-state index in [0.717, 1.165) is 23.1 Å². The fourth-order valence-electron chi connectivity index (χ4n) is 2.52. The molecular weight excluding hydrogens is 276 g/mol. The van der Waals surface area contributed by atoms with Crippen LogP contribution in [-0.2, 0) is 18.4 Å². The number of hydrogen-bond acceptors (Lipinski definition) is 3. The second-order valence-electron chi connectivity index (χ2n) is 5.71. The number of carbonyl (C=O) groups is 1. The number of nitrogens with one attached hydrogen (secondary N) is 1. The van der Waals surface area contributed by atoms with Crippen molar-refractivity contribution in [3.63, 3.8) is 0 Å². The lowest BCUT2D eigenvalue weighted by molar-refractivity contribution is -0.125. The minimum Gasteiger partial charge on any atom is -0.351 e. The summed E-state index contributed by atoms with van der Waals surface area (Å²) in [6.07, 6.45) is 4.63. The molecule has 2 aromatic rings. The molecule has 0 aliphatic heterocycles. The van der Waals surface area contributed by atoms with E-state index in [1.165, 1.54) is 0 Å². The Kier molecular flexibility index (Phi) is 5.33. The van der Waals surface area contributed by atoms with Gasteiger partial charge in [0.2, 0.25) is 5.91 Å². The first-order chi connectivity index (χ1) is 10.5. The summed E-state index contributed by atoms with van der Waals surface area (Å²) in [5, 5.41) is 7.21. The predicted molar refractivity (Wildman–Crippen MR) is 88.3 cm³/mol. The second-order valence-corrected chi connectivity index (χ2v) is 5.71. The van der Waals surface area contributed by atoms with E-state index in [-0.39, 0.29) is 11.9 Å². The molecular formula is C17H24N4O. The van der Waals surface area contributed by atoms with E-state index in [0.29, 0.717) is 6.54 Å². The molecule has 5 heteroatoms. The van der Waals surface area contributed by atoms with Crippen molar-refractivity contribution in [2.75, 3.05) is 14.1 Å². The van der Waals surface area contributed by atoms with Crippen LogP contribution in [0.25, 0.3) is 11.1 Å². The van der Waals surface area contributed by atoms with Gasteiger partial charge >= 0.3 is 0 Å². The van der Waals surface area contributed by atoms with Gasteiger partial charge in [0.05, 0.1) is 12.2 Å². The topological polar surface area (TPSA) is 50.2 Å². The third-order valence-corrected chi connectivity index (χ3v) is 3.74. The Morgan fingerprint density at radius 2 is 2.14 bits per heavy atom. The maximum atomic E-state index is 12.2. The Morgan fingerprint density at radius 3 is 2.73 bits per heavy atom. The highest BCUT2D eigenvalue weighted by molar-refractivity contribution is 5.81. The Bertz CT molecular complexity index is 633. The third-order valence-electron chi connectivity index (χ3n) is 3.74. The van der Waals surface area contributed by atoms with Gasteiger partial charge in [-0.1, -0.05) is 25.1 Å². The number of likely N-dealkylation sites (N-methyl/N-ethyl adjacent to an activating group) is 1. The first kappa shape index (κ1) is 16.2. The van der Waals surface area contributed by atoms with Crippen molar-refractivity contribution >= 4 is 5.91 Å². The minimum atomic E-state index is -0.0819. The molecule has 0 radical (unpaired) electrons. The highest BCUT2D eigenvalue weighted by Gasteiger charge is 2.17. The molecule has 118 valence electrons. The lowest BCUT2D eigenvalue weighted by Gasteiger charge is -2.21.